The molecule has 38 heavy (non-hydrogen) atoms. The number of carbonyl (C=O) groups is 3. The Morgan fingerprint density at radius 3 is 2.66 bits per heavy atom. The maximum absolute atomic E-state index is 13.5. The number of halogens is 1. The number of fused-ring (bicyclic) bond motifs is 3. The Morgan fingerprint density at radius 2 is 1.92 bits per heavy atom. The van der Waals surface area contributed by atoms with Crippen LogP contribution in [0.15, 0.2) is 36.7 Å². The van der Waals surface area contributed by atoms with E-state index in [4.69, 9.17) is 14.2 Å². The van der Waals surface area contributed by atoms with E-state index in [1.165, 1.54) is 0 Å². The first kappa shape index (κ1) is 29.8. The third-order valence-electron chi connectivity index (χ3n) is 6.89. The fraction of sp³-hybridized carbons (Fsp3) is 0.519. The second-order valence-electron chi connectivity index (χ2n) is 10.6. The van der Waals surface area contributed by atoms with E-state index >= 15 is 0 Å². The number of ketones is 1. The second kappa shape index (κ2) is 12.4. The number of nitrogens with one attached hydrogen (secondary N) is 2. The molecule has 208 valence electrons. The number of quaternary nitrogens is 1. The summed E-state index contributed by atoms with van der Waals surface area (Å²) in [6, 6.07) is 8.08. The van der Waals surface area contributed by atoms with Crippen LogP contribution >= 0.6 is 0 Å². The first-order valence-electron chi connectivity index (χ1n) is 12.7. The Bertz CT molecular complexity index is 1200. The molecule has 11 heteroatoms. The summed E-state index contributed by atoms with van der Waals surface area (Å²) in [4.78, 5) is 40.1. The summed E-state index contributed by atoms with van der Waals surface area (Å²) in [6.07, 6.45) is 4.21. The van der Waals surface area contributed by atoms with Gasteiger partial charge in [-0.25, -0.2) is 9.59 Å². The zero-order chi connectivity index (χ0) is 26.7. The van der Waals surface area contributed by atoms with Crippen molar-refractivity contribution >= 4 is 28.9 Å². The number of para-hydroxylation sites is 1. The van der Waals surface area contributed by atoms with Gasteiger partial charge in [0.05, 0.1) is 25.2 Å². The van der Waals surface area contributed by atoms with E-state index < -0.39 is 17.8 Å². The minimum atomic E-state index is -0.814. The van der Waals surface area contributed by atoms with Crippen molar-refractivity contribution in [2.75, 3.05) is 26.4 Å². The zero-order valence-corrected chi connectivity index (χ0v) is 24.7. The molecule has 0 saturated heterocycles. The van der Waals surface area contributed by atoms with E-state index in [2.05, 4.69) is 16.0 Å². The second-order valence-corrected chi connectivity index (χ2v) is 10.6. The monoisotopic (exact) mass is 640 g/mol. The fourth-order valence-corrected chi connectivity index (χ4v) is 4.98. The van der Waals surface area contributed by atoms with Crippen molar-refractivity contribution in [3.63, 3.8) is 0 Å². The molecule has 1 aromatic carbocycles. The molecule has 2 heterocycles. The molecule has 0 bridgehead atoms. The predicted molar refractivity (Wildman–Crippen MR) is 137 cm³/mol. The van der Waals surface area contributed by atoms with Crippen LogP contribution in [0.1, 0.15) is 50.2 Å². The number of rotatable bonds is 7. The number of carbonyl (C=O) groups excluding carboxylic acids is 3. The minimum absolute atomic E-state index is 0. The number of Topliss-reactive ketones (excluding diaryl/α,β-unsaturated/α-hetero) is 1. The van der Waals surface area contributed by atoms with Crippen LogP contribution in [0.25, 0.3) is 10.9 Å². The average molecular weight is 641 g/mol. The highest BCUT2D eigenvalue weighted by Gasteiger charge is 2.37. The lowest BCUT2D eigenvalue weighted by Crippen LogP contribution is -3.11. The van der Waals surface area contributed by atoms with Gasteiger partial charge in [0.15, 0.2) is 18.7 Å². The molecule has 0 saturated carbocycles. The molecular weight excluding hydrogens is 603 g/mol. The lowest BCUT2D eigenvalue weighted by atomic mass is 9.84. The lowest BCUT2D eigenvalue weighted by molar-refractivity contribution is -0.878. The van der Waals surface area contributed by atoms with Crippen molar-refractivity contribution in [1.29, 1.82) is 0 Å². The molecule has 2 aromatic rings. The topological polar surface area (TPSA) is 104 Å². The van der Waals surface area contributed by atoms with Crippen molar-refractivity contribution in [3.8, 4) is 0 Å². The standard InChI is InChI=1S/C27H36N4O6.HI/c1-18-30(13-14-31(18)17-36-26(34)35-15-12-28-25(33)37-27(2,3)4)16-19-10-11-22-23(24(19)32)20-8-6-7-9-21(20)29(22)5;/h6-9,13-14,18-19H,10-12,15-17H2,1-5H3,(H,28,33);1H. The maximum atomic E-state index is 13.5. The lowest BCUT2D eigenvalue weighted by Gasteiger charge is -2.28. The number of aryl methyl sites for hydroxylation is 1. The Hall–Kier alpha value is -2.80. The van der Waals surface area contributed by atoms with Gasteiger partial charge in [0.2, 0.25) is 0 Å². The van der Waals surface area contributed by atoms with E-state index in [1.54, 1.807) is 20.8 Å². The van der Waals surface area contributed by atoms with Crippen LogP contribution in [0.3, 0.4) is 0 Å². The first-order valence-corrected chi connectivity index (χ1v) is 12.7. The Balaban J connectivity index is 0.00000400. The normalized spacial score (nSPS) is 20.6. The third-order valence-corrected chi connectivity index (χ3v) is 6.89. The summed E-state index contributed by atoms with van der Waals surface area (Å²) in [7, 11) is 2.03. The summed E-state index contributed by atoms with van der Waals surface area (Å²) in [5, 5.41) is 3.55. The average Bonchev–Trinajstić information content (AvgIpc) is 3.33. The summed E-state index contributed by atoms with van der Waals surface area (Å²) in [6.45, 7) is 8.14. The van der Waals surface area contributed by atoms with Crippen LogP contribution in [-0.2, 0) is 27.7 Å². The number of hydrogen-bond acceptors (Lipinski definition) is 7. The highest BCUT2D eigenvalue weighted by Crippen LogP contribution is 2.33. The van der Waals surface area contributed by atoms with Gasteiger partial charge in [-0.2, -0.15) is 0 Å². The summed E-state index contributed by atoms with van der Waals surface area (Å²) in [5.74, 6) is 0.146. The molecule has 1 aliphatic carbocycles. The minimum Gasteiger partial charge on any atom is -1.00 e. The quantitative estimate of drug-likeness (QED) is 0.241. The molecule has 2 N–H and O–H groups in total. The molecule has 10 nitrogen and oxygen atoms in total. The van der Waals surface area contributed by atoms with Crippen molar-refractivity contribution in [2.45, 2.75) is 52.3 Å². The number of ether oxygens (including phenoxy) is 3. The van der Waals surface area contributed by atoms with Gasteiger partial charge in [-0.05, 0) is 39.7 Å². The number of hydrogen-bond donors (Lipinski definition) is 2. The molecule has 0 fully saturated rings. The van der Waals surface area contributed by atoms with Crippen molar-refractivity contribution in [1.82, 2.24) is 14.8 Å². The van der Waals surface area contributed by atoms with Gasteiger partial charge in [-0.15, -0.1) is 0 Å². The number of amides is 1. The van der Waals surface area contributed by atoms with Gasteiger partial charge in [-0.1, -0.05) is 18.2 Å². The van der Waals surface area contributed by atoms with E-state index in [9.17, 15) is 14.4 Å². The Morgan fingerprint density at radius 1 is 1.18 bits per heavy atom. The van der Waals surface area contributed by atoms with Gasteiger partial charge in [0, 0.05) is 36.1 Å². The summed E-state index contributed by atoms with van der Waals surface area (Å²) >= 11 is 0. The number of nitrogens with zero attached hydrogens (tertiary/aromatic N) is 2. The SMILES string of the molecule is CC1N(COC(=O)OCCNC(=O)OC(C)(C)C)C=C[NH+]1CC1CCc2c(c3ccccc3n2C)C1=O.[I-]. The largest absolute Gasteiger partial charge is 1.00 e. The molecule has 4 rings (SSSR count). The van der Waals surface area contributed by atoms with Crippen molar-refractivity contribution < 1.29 is 57.5 Å². The smallest absolute Gasteiger partial charge is 0.510 e. The summed E-state index contributed by atoms with van der Waals surface area (Å²) in [5.41, 5.74) is 2.49. The maximum Gasteiger partial charge on any atom is 0.510 e. The Kier molecular flexibility index (Phi) is 9.69. The van der Waals surface area contributed by atoms with Crippen LogP contribution < -0.4 is 34.2 Å². The molecular formula is C27H37IN4O6. The van der Waals surface area contributed by atoms with E-state index in [-0.39, 0.29) is 61.7 Å². The van der Waals surface area contributed by atoms with Crippen molar-refractivity contribution in [2.24, 2.45) is 13.0 Å². The van der Waals surface area contributed by atoms with E-state index in [0.717, 1.165) is 39.9 Å². The molecule has 2 aliphatic rings. The van der Waals surface area contributed by atoms with E-state index in [0.29, 0.717) is 6.54 Å². The molecule has 3 unspecified atom stereocenters. The molecule has 0 radical (unpaired) electrons. The predicted octanol–water partition coefficient (Wildman–Crippen LogP) is -0.419. The van der Waals surface area contributed by atoms with Gasteiger partial charge in [0.1, 0.15) is 18.4 Å². The van der Waals surface area contributed by atoms with Crippen LogP contribution in [0.5, 0.6) is 0 Å². The number of alkyl carbamates (subject to hydrolysis) is 1. The fourth-order valence-electron chi connectivity index (χ4n) is 4.98. The third kappa shape index (κ3) is 6.79. The van der Waals surface area contributed by atoms with Crippen LogP contribution in [0.2, 0.25) is 0 Å². The zero-order valence-electron chi connectivity index (χ0n) is 22.6. The van der Waals surface area contributed by atoms with Crippen LogP contribution in [-0.4, -0.2) is 65.7 Å². The van der Waals surface area contributed by atoms with Gasteiger partial charge < -0.3 is 48.1 Å². The molecule has 1 aliphatic heterocycles. The van der Waals surface area contributed by atoms with E-state index in [1.807, 2.05) is 49.5 Å². The van der Waals surface area contributed by atoms with Crippen LogP contribution in [0.4, 0.5) is 9.59 Å². The molecule has 0 spiro atoms. The van der Waals surface area contributed by atoms with Gasteiger partial charge in [-0.3, -0.25) is 14.6 Å². The summed E-state index contributed by atoms with van der Waals surface area (Å²) < 4.78 is 17.5. The number of aromatic nitrogens is 1. The van der Waals surface area contributed by atoms with Crippen LogP contribution in [0, 0.1) is 5.92 Å². The van der Waals surface area contributed by atoms with Crippen molar-refractivity contribution in [3.05, 3.63) is 47.9 Å². The molecule has 3 atom stereocenters. The molecule has 1 amide bonds. The number of benzene rings is 1. The van der Waals surface area contributed by atoms with Gasteiger partial charge >= 0.3 is 12.2 Å². The molecule has 1 aromatic heterocycles. The first-order chi connectivity index (χ1) is 17.5. The van der Waals surface area contributed by atoms with Gasteiger partial charge in [0.25, 0.3) is 0 Å². The highest BCUT2D eigenvalue weighted by atomic mass is 127. The highest BCUT2D eigenvalue weighted by molar-refractivity contribution is 6.11. The Labute approximate surface area is 240 Å².